The van der Waals surface area contributed by atoms with Crippen LogP contribution < -0.4 is 10.3 Å². The molecule has 1 aliphatic rings. The van der Waals surface area contributed by atoms with Crippen molar-refractivity contribution in [3.8, 4) is 28.3 Å². The Morgan fingerprint density at radius 3 is 2.69 bits per heavy atom. The van der Waals surface area contributed by atoms with Gasteiger partial charge in [0.25, 0.3) is 5.56 Å². The van der Waals surface area contributed by atoms with Gasteiger partial charge in [-0.2, -0.15) is 5.10 Å². The largest absolute Gasteiger partial charge is 0.497 e. The molecule has 0 saturated carbocycles. The molecule has 0 spiro atoms. The lowest BCUT2D eigenvalue weighted by Gasteiger charge is -2.32. The third-order valence-electron chi connectivity index (χ3n) is 6.15. The first-order chi connectivity index (χ1) is 15.6. The second-order valence-electron chi connectivity index (χ2n) is 8.41. The maximum absolute atomic E-state index is 12.6. The number of aromatic nitrogens is 3. The van der Waals surface area contributed by atoms with Crippen LogP contribution in [-0.2, 0) is 6.54 Å². The summed E-state index contributed by atoms with van der Waals surface area (Å²) in [4.78, 5) is 20.9. The van der Waals surface area contributed by atoms with E-state index < -0.39 is 0 Å². The Hall–Kier alpha value is -3.42. The molecule has 0 amide bonds. The van der Waals surface area contributed by atoms with Crippen molar-refractivity contribution < 1.29 is 4.74 Å². The van der Waals surface area contributed by atoms with E-state index >= 15 is 0 Å². The lowest BCUT2D eigenvalue weighted by Crippen LogP contribution is -2.43. The minimum absolute atomic E-state index is 0.221. The van der Waals surface area contributed by atoms with Crippen molar-refractivity contribution in [1.29, 1.82) is 0 Å². The van der Waals surface area contributed by atoms with Crippen LogP contribution in [-0.4, -0.2) is 65.3 Å². The minimum atomic E-state index is -0.221. The molecule has 5 rings (SSSR count). The Bertz CT molecular complexity index is 1300. The van der Waals surface area contributed by atoms with Gasteiger partial charge < -0.3 is 14.6 Å². The molecule has 2 aromatic heterocycles. The number of methoxy groups -OCH3 is 1. The number of benzene rings is 2. The number of piperazine rings is 1. The van der Waals surface area contributed by atoms with Gasteiger partial charge in [0.15, 0.2) is 0 Å². The van der Waals surface area contributed by atoms with E-state index in [1.54, 1.807) is 7.11 Å². The van der Waals surface area contributed by atoms with Crippen molar-refractivity contribution in [2.24, 2.45) is 0 Å². The molecule has 4 aromatic rings. The molecule has 0 radical (unpaired) electrons. The Balaban J connectivity index is 1.44. The van der Waals surface area contributed by atoms with Crippen molar-refractivity contribution in [3.05, 3.63) is 70.5 Å². The Labute approximate surface area is 186 Å². The van der Waals surface area contributed by atoms with E-state index in [0.717, 1.165) is 60.6 Å². The molecule has 1 aliphatic heterocycles. The SMILES string of the molecule is COc1cccc(-c2cc(-c3cc4ccc(CN5CCN(C)CC5)cc4[nH]3)c(=O)[nH]n2)c1. The molecule has 32 heavy (non-hydrogen) atoms. The number of likely N-dealkylation sites (N-methyl/N-ethyl adjacent to an activating group) is 1. The zero-order valence-electron chi connectivity index (χ0n) is 18.4. The normalized spacial score (nSPS) is 15.3. The summed E-state index contributed by atoms with van der Waals surface area (Å²) in [7, 11) is 3.80. The highest BCUT2D eigenvalue weighted by Gasteiger charge is 2.15. The molecular formula is C25H27N5O2. The van der Waals surface area contributed by atoms with E-state index in [1.165, 1.54) is 5.56 Å². The molecule has 7 heteroatoms. The summed E-state index contributed by atoms with van der Waals surface area (Å²) in [5, 5.41) is 7.96. The Morgan fingerprint density at radius 2 is 1.88 bits per heavy atom. The number of H-pyrrole nitrogens is 2. The van der Waals surface area contributed by atoms with Crippen LogP contribution in [0.1, 0.15) is 5.56 Å². The molecule has 3 heterocycles. The summed E-state index contributed by atoms with van der Waals surface area (Å²) in [6.07, 6.45) is 0. The number of rotatable bonds is 5. The van der Waals surface area contributed by atoms with Crippen molar-refractivity contribution in [2.75, 3.05) is 40.3 Å². The summed E-state index contributed by atoms with van der Waals surface area (Å²) >= 11 is 0. The summed E-state index contributed by atoms with van der Waals surface area (Å²) in [5.74, 6) is 0.746. The van der Waals surface area contributed by atoms with E-state index in [-0.39, 0.29) is 5.56 Å². The average Bonchev–Trinajstić information content (AvgIpc) is 3.24. The first-order valence-electron chi connectivity index (χ1n) is 10.9. The van der Waals surface area contributed by atoms with Crippen LogP contribution in [0.2, 0.25) is 0 Å². The number of fused-ring (bicyclic) bond motifs is 1. The van der Waals surface area contributed by atoms with E-state index in [1.807, 2.05) is 36.4 Å². The average molecular weight is 430 g/mol. The van der Waals surface area contributed by atoms with Gasteiger partial charge in [-0.05, 0) is 42.9 Å². The van der Waals surface area contributed by atoms with Gasteiger partial charge in [0.2, 0.25) is 0 Å². The number of ether oxygens (including phenoxy) is 1. The lowest BCUT2D eigenvalue weighted by molar-refractivity contribution is 0.148. The van der Waals surface area contributed by atoms with Crippen molar-refractivity contribution in [3.63, 3.8) is 0 Å². The van der Waals surface area contributed by atoms with Crippen molar-refractivity contribution >= 4 is 10.9 Å². The maximum atomic E-state index is 12.6. The van der Waals surface area contributed by atoms with Gasteiger partial charge in [-0.25, -0.2) is 5.10 Å². The molecule has 0 atom stereocenters. The standard InChI is InChI=1S/C25H27N5O2/c1-29-8-10-30(11-9-29)16-17-6-7-19-14-24(26-22(19)12-17)21-15-23(27-28-25(21)31)18-4-3-5-20(13-18)32-2/h3-7,12-15,26H,8-11,16H2,1-2H3,(H,28,31). The predicted octanol–water partition coefficient (Wildman–Crippen LogP) is 3.34. The molecule has 1 fully saturated rings. The monoisotopic (exact) mass is 429 g/mol. The van der Waals surface area contributed by atoms with Gasteiger partial charge in [0, 0.05) is 49.2 Å². The van der Waals surface area contributed by atoms with Crippen LogP contribution in [0.4, 0.5) is 0 Å². The van der Waals surface area contributed by atoms with E-state index in [0.29, 0.717) is 11.3 Å². The van der Waals surface area contributed by atoms with Gasteiger partial charge in [0.1, 0.15) is 5.75 Å². The van der Waals surface area contributed by atoms with Gasteiger partial charge in [-0.15, -0.1) is 0 Å². The Morgan fingerprint density at radius 1 is 1.03 bits per heavy atom. The molecular weight excluding hydrogens is 402 g/mol. The van der Waals surface area contributed by atoms with Crippen LogP contribution in [0.15, 0.2) is 59.4 Å². The van der Waals surface area contributed by atoms with E-state index in [4.69, 9.17) is 4.74 Å². The lowest BCUT2D eigenvalue weighted by atomic mass is 10.1. The summed E-state index contributed by atoms with van der Waals surface area (Å²) in [6, 6.07) is 18.0. The molecule has 2 aromatic carbocycles. The minimum Gasteiger partial charge on any atom is -0.497 e. The summed E-state index contributed by atoms with van der Waals surface area (Å²) in [5.41, 5.74) is 5.00. The highest BCUT2D eigenvalue weighted by Crippen LogP contribution is 2.27. The Kier molecular flexibility index (Phi) is 5.51. The predicted molar refractivity (Wildman–Crippen MR) is 127 cm³/mol. The highest BCUT2D eigenvalue weighted by molar-refractivity contribution is 5.86. The summed E-state index contributed by atoms with van der Waals surface area (Å²) < 4.78 is 5.31. The third kappa shape index (κ3) is 4.17. The van der Waals surface area contributed by atoms with Gasteiger partial charge in [-0.3, -0.25) is 9.69 Å². The second-order valence-corrected chi connectivity index (χ2v) is 8.41. The first kappa shape index (κ1) is 20.5. The fourth-order valence-corrected chi connectivity index (χ4v) is 4.22. The molecule has 0 bridgehead atoms. The van der Waals surface area contributed by atoms with Crippen molar-refractivity contribution in [1.82, 2.24) is 25.0 Å². The van der Waals surface area contributed by atoms with Crippen LogP contribution in [0.5, 0.6) is 5.75 Å². The van der Waals surface area contributed by atoms with Crippen LogP contribution in [0, 0.1) is 0 Å². The van der Waals surface area contributed by atoms with Crippen molar-refractivity contribution in [2.45, 2.75) is 6.54 Å². The molecule has 7 nitrogen and oxygen atoms in total. The molecule has 164 valence electrons. The van der Waals surface area contributed by atoms with Gasteiger partial charge in [-0.1, -0.05) is 24.3 Å². The molecule has 0 unspecified atom stereocenters. The smallest absolute Gasteiger partial charge is 0.273 e. The van der Waals surface area contributed by atoms with Crippen LogP contribution in [0.25, 0.3) is 33.4 Å². The van der Waals surface area contributed by atoms with Crippen LogP contribution in [0.3, 0.4) is 0 Å². The van der Waals surface area contributed by atoms with Crippen LogP contribution >= 0.6 is 0 Å². The second kappa shape index (κ2) is 8.61. The number of nitrogens with zero attached hydrogens (tertiary/aromatic N) is 3. The van der Waals surface area contributed by atoms with Gasteiger partial charge >= 0.3 is 0 Å². The summed E-state index contributed by atoms with van der Waals surface area (Å²) in [6.45, 7) is 5.33. The fourth-order valence-electron chi connectivity index (χ4n) is 4.22. The number of hydrogen-bond donors (Lipinski definition) is 2. The zero-order valence-corrected chi connectivity index (χ0v) is 18.4. The zero-order chi connectivity index (χ0) is 22.1. The van der Waals surface area contributed by atoms with E-state index in [9.17, 15) is 4.79 Å². The highest BCUT2D eigenvalue weighted by atomic mass is 16.5. The number of hydrogen-bond acceptors (Lipinski definition) is 5. The number of aromatic amines is 2. The molecule has 1 saturated heterocycles. The topological polar surface area (TPSA) is 77.2 Å². The number of nitrogens with one attached hydrogen (secondary N) is 2. The fraction of sp³-hybridized carbons (Fsp3) is 0.280. The first-order valence-corrected chi connectivity index (χ1v) is 10.9. The van der Waals surface area contributed by atoms with E-state index in [2.05, 4.69) is 50.2 Å². The van der Waals surface area contributed by atoms with Gasteiger partial charge in [0.05, 0.1) is 24.1 Å². The maximum Gasteiger partial charge on any atom is 0.273 e. The molecule has 2 N–H and O–H groups in total. The molecule has 0 aliphatic carbocycles. The quantitative estimate of drug-likeness (QED) is 0.509. The third-order valence-corrected chi connectivity index (χ3v) is 6.15.